The van der Waals surface area contributed by atoms with Gasteiger partial charge >= 0.3 is 0 Å². The standard InChI is InChI=1S/C23H29NO2/c25-15-7-12-22(16-19-13-14-19)23(26)24(17-20-8-3-1-4-9-20)18-21-10-5-2-6-11-21/h1-6,8-11,19,22,25H,7,12-18H2/t22-/m0/s1. The van der Waals surface area contributed by atoms with Gasteiger partial charge in [0.25, 0.3) is 0 Å². The first-order chi connectivity index (χ1) is 12.8. The number of hydrogen-bond donors (Lipinski definition) is 1. The van der Waals surface area contributed by atoms with Crippen molar-refractivity contribution in [3.8, 4) is 0 Å². The van der Waals surface area contributed by atoms with Crippen molar-refractivity contribution in [2.24, 2.45) is 11.8 Å². The second kappa shape index (κ2) is 9.54. The van der Waals surface area contributed by atoms with Crippen LogP contribution >= 0.6 is 0 Å². The number of aliphatic hydroxyl groups is 1. The number of carbonyl (C=O) groups is 1. The third-order valence-corrected chi connectivity index (χ3v) is 5.12. The van der Waals surface area contributed by atoms with Gasteiger partial charge in [-0.2, -0.15) is 0 Å². The molecule has 26 heavy (non-hydrogen) atoms. The average Bonchev–Trinajstić information content (AvgIpc) is 3.50. The zero-order chi connectivity index (χ0) is 18.2. The van der Waals surface area contributed by atoms with Crippen LogP contribution < -0.4 is 0 Å². The molecule has 3 nitrogen and oxygen atoms in total. The fourth-order valence-corrected chi connectivity index (χ4v) is 3.51. The summed E-state index contributed by atoms with van der Waals surface area (Å²) in [7, 11) is 0. The van der Waals surface area contributed by atoms with Crippen LogP contribution in [0.3, 0.4) is 0 Å². The monoisotopic (exact) mass is 351 g/mol. The van der Waals surface area contributed by atoms with Gasteiger partial charge in [-0.15, -0.1) is 0 Å². The van der Waals surface area contributed by atoms with Crippen molar-refractivity contribution in [2.75, 3.05) is 6.61 Å². The number of aliphatic hydroxyl groups excluding tert-OH is 1. The number of carbonyl (C=O) groups excluding carboxylic acids is 1. The molecule has 138 valence electrons. The molecule has 2 aromatic rings. The Morgan fingerprint density at radius 1 is 0.962 bits per heavy atom. The van der Waals surface area contributed by atoms with Gasteiger partial charge in [0, 0.05) is 25.6 Å². The van der Waals surface area contributed by atoms with Gasteiger partial charge in [0.05, 0.1) is 0 Å². The van der Waals surface area contributed by atoms with Gasteiger partial charge in [0.1, 0.15) is 0 Å². The van der Waals surface area contributed by atoms with E-state index in [1.807, 2.05) is 41.3 Å². The van der Waals surface area contributed by atoms with E-state index in [0.29, 0.717) is 25.4 Å². The quantitative estimate of drug-likeness (QED) is 0.689. The van der Waals surface area contributed by atoms with E-state index in [1.165, 1.54) is 12.8 Å². The topological polar surface area (TPSA) is 40.5 Å². The largest absolute Gasteiger partial charge is 0.396 e. The van der Waals surface area contributed by atoms with Crippen LogP contribution in [-0.2, 0) is 17.9 Å². The molecule has 1 aliphatic carbocycles. The molecule has 0 heterocycles. The summed E-state index contributed by atoms with van der Waals surface area (Å²) < 4.78 is 0. The van der Waals surface area contributed by atoms with E-state index in [4.69, 9.17) is 0 Å². The van der Waals surface area contributed by atoms with Crippen LogP contribution in [0.4, 0.5) is 0 Å². The molecule has 0 spiro atoms. The summed E-state index contributed by atoms with van der Waals surface area (Å²) in [6.07, 6.45) is 4.96. The van der Waals surface area contributed by atoms with Crippen LogP contribution in [0.15, 0.2) is 60.7 Å². The zero-order valence-electron chi connectivity index (χ0n) is 15.4. The van der Waals surface area contributed by atoms with Gasteiger partial charge in [-0.3, -0.25) is 4.79 Å². The predicted octanol–water partition coefficient (Wildman–Crippen LogP) is 4.40. The molecule has 1 fully saturated rings. The van der Waals surface area contributed by atoms with Crippen LogP contribution in [0.25, 0.3) is 0 Å². The first-order valence-corrected chi connectivity index (χ1v) is 9.73. The molecular formula is C23H29NO2. The molecule has 0 radical (unpaired) electrons. The van der Waals surface area contributed by atoms with Gasteiger partial charge in [0.15, 0.2) is 0 Å². The summed E-state index contributed by atoms with van der Waals surface area (Å²) in [6.45, 7) is 1.43. The highest BCUT2D eigenvalue weighted by Crippen LogP contribution is 2.37. The minimum Gasteiger partial charge on any atom is -0.396 e. The molecule has 1 N–H and O–H groups in total. The molecule has 1 amide bonds. The van der Waals surface area contributed by atoms with Crippen LogP contribution in [0.1, 0.15) is 43.2 Å². The number of amides is 1. The molecule has 3 rings (SSSR count). The first kappa shape index (κ1) is 18.7. The van der Waals surface area contributed by atoms with Crippen molar-refractivity contribution in [2.45, 2.75) is 45.2 Å². The van der Waals surface area contributed by atoms with Crippen LogP contribution in [0, 0.1) is 11.8 Å². The molecule has 1 atom stereocenters. The maximum absolute atomic E-state index is 13.4. The maximum atomic E-state index is 13.4. The van der Waals surface area contributed by atoms with Gasteiger partial charge in [-0.05, 0) is 36.3 Å². The lowest BCUT2D eigenvalue weighted by molar-refractivity contribution is -0.137. The fraction of sp³-hybridized carbons (Fsp3) is 0.435. The molecule has 1 saturated carbocycles. The molecule has 0 bridgehead atoms. The van der Waals surface area contributed by atoms with Crippen molar-refractivity contribution in [3.05, 3.63) is 71.8 Å². The molecular weight excluding hydrogens is 322 g/mol. The van der Waals surface area contributed by atoms with Crippen molar-refractivity contribution in [3.63, 3.8) is 0 Å². The zero-order valence-corrected chi connectivity index (χ0v) is 15.4. The Labute approximate surface area is 156 Å². The van der Waals surface area contributed by atoms with Gasteiger partial charge < -0.3 is 10.0 Å². The van der Waals surface area contributed by atoms with E-state index in [0.717, 1.165) is 24.0 Å². The smallest absolute Gasteiger partial charge is 0.226 e. The Balaban J connectivity index is 1.75. The van der Waals surface area contributed by atoms with E-state index < -0.39 is 0 Å². The average molecular weight is 351 g/mol. The predicted molar refractivity (Wildman–Crippen MR) is 104 cm³/mol. The Morgan fingerprint density at radius 3 is 1.96 bits per heavy atom. The molecule has 0 unspecified atom stereocenters. The molecule has 1 aliphatic rings. The number of benzene rings is 2. The van der Waals surface area contributed by atoms with Crippen molar-refractivity contribution >= 4 is 5.91 Å². The number of nitrogens with zero attached hydrogens (tertiary/aromatic N) is 1. The lowest BCUT2D eigenvalue weighted by Crippen LogP contribution is -2.35. The Bertz CT molecular complexity index is 626. The first-order valence-electron chi connectivity index (χ1n) is 9.73. The van der Waals surface area contributed by atoms with E-state index in [-0.39, 0.29) is 18.4 Å². The van der Waals surface area contributed by atoms with E-state index in [1.54, 1.807) is 0 Å². The highest BCUT2D eigenvalue weighted by atomic mass is 16.3. The Kier molecular flexibility index (Phi) is 6.84. The minimum atomic E-state index is 0.0297. The minimum absolute atomic E-state index is 0.0297. The highest BCUT2D eigenvalue weighted by Gasteiger charge is 2.31. The van der Waals surface area contributed by atoms with Crippen molar-refractivity contribution in [1.29, 1.82) is 0 Å². The lowest BCUT2D eigenvalue weighted by Gasteiger charge is -2.28. The van der Waals surface area contributed by atoms with Crippen LogP contribution in [0.2, 0.25) is 0 Å². The normalized spacial score (nSPS) is 14.8. The fourth-order valence-electron chi connectivity index (χ4n) is 3.51. The third kappa shape index (κ3) is 5.70. The second-order valence-corrected chi connectivity index (χ2v) is 7.41. The summed E-state index contributed by atoms with van der Waals surface area (Å²) in [6, 6.07) is 20.4. The van der Waals surface area contributed by atoms with Gasteiger partial charge in [-0.1, -0.05) is 73.5 Å². The lowest BCUT2D eigenvalue weighted by atomic mass is 9.94. The van der Waals surface area contributed by atoms with E-state index >= 15 is 0 Å². The molecule has 3 heteroatoms. The van der Waals surface area contributed by atoms with E-state index in [9.17, 15) is 9.90 Å². The molecule has 2 aromatic carbocycles. The maximum Gasteiger partial charge on any atom is 0.226 e. The van der Waals surface area contributed by atoms with Gasteiger partial charge in [0.2, 0.25) is 5.91 Å². The summed E-state index contributed by atoms with van der Waals surface area (Å²) in [5.74, 6) is 0.970. The van der Waals surface area contributed by atoms with Crippen LogP contribution in [0.5, 0.6) is 0 Å². The third-order valence-electron chi connectivity index (χ3n) is 5.12. The number of rotatable bonds is 10. The van der Waals surface area contributed by atoms with Crippen LogP contribution in [-0.4, -0.2) is 22.5 Å². The summed E-state index contributed by atoms with van der Waals surface area (Å²) >= 11 is 0. The Morgan fingerprint density at radius 2 is 1.50 bits per heavy atom. The summed E-state index contributed by atoms with van der Waals surface area (Å²) in [5.41, 5.74) is 2.31. The van der Waals surface area contributed by atoms with Crippen molar-refractivity contribution < 1.29 is 9.90 Å². The van der Waals surface area contributed by atoms with E-state index in [2.05, 4.69) is 24.3 Å². The SMILES string of the molecule is O=C([C@@H](CCCO)CC1CC1)N(Cc1ccccc1)Cc1ccccc1. The molecule has 0 aliphatic heterocycles. The molecule has 0 saturated heterocycles. The van der Waals surface area contributed by atoms with Crippen molar-refractivity contribution in [1.82, 2.24) is 4.90 Å². The molecule has 0 aromatic heterocycles. The summed E-state index contributed by atoms with van der Waals surface area (Å²) in [4.78, 5) is 15.4. The van der Waals surface area contributed by atoms with Gasteiger partial charge in [-0.25, -0.2) is 0 Å². The summed E-state index contributed by atoms with van der Waals surface area (Å²) in [5, 5.41) is 9.23. The number of hydrogen-bond acceptors (Lipinski definition) is 2. The Hall–Kier alpha value is -2.13. The second-order valence-electron chi connectivity index (χ2n) is 7.41. The highest BCUT2D eigenvalue weighted by molar-refractivity contribution is 5.79.